The van der Waals surface area contributed by atoms with E-state index in [0.717, 1.165) is 25.7 Å². The highest BCUT2D eigenvalue weighted by atomic mass is 16.4. The first-order valence-electron chi connectivity index (χ1n) is 18.2. The number of unbranched alkanes of at least 4 members (excludes halogenated alkanes) is 24. The molecule has 0 heterocycles. The molecule has 1 rings (SSSR count). The Morgan fingerprint density at radius 3 is 0.750 bits per heavy atom. The number of carboxylic acid groups (broad SMARTS) is 2. The van der Waals surface area contributed by atoms with Gasteiger partial charge in [0.25, 0.3) is 0 Å². The normalized spacial score (nSPS) is 10.4. The van der Waals surface area contributed by atoms with E-state index in [-0.39, 0.29) is 11.5 Å². The van der Waals surface area contributed by atoms with Gasteiger partial charge in [-0.15, -0.1) is 0 Å². The minimum atomic E-state index is -0.655. The number of phenolic OH excluding ortho intramolecular Hbond substituents is 2. The van der Waals surface area contributed by atoms with Crippen molar-refractivity contribution in [1.82, 2.24) is 0 Å². The first-order chi connectivity index (χ1) is 21.3. The maximum Gasteiger partial charge on any atom is 0.303 e. The molecule has 0 radical (unpaired) electrons. The standard InChI is InChI=1S/2C16H32O2.C6H6O2/c2*1-2-3-4-5-6-7-8-9-10-11-12-13-14-15-16(17)18;7-5-1-2-6(8)4-3-5/h2*2-15H2,1H3,(H,17,18);1-4,7-8H. The molecule has 6 nitrogen and oxygen atoms in total. The monoisotopic (exact) mass is 623 g/mol. The molecule has 0 bridgehead atoms. The van der Waals surface area contributed by atoms with E-state index >= 15 is 0 Å². The predicted molar refractivity (Wildman–Crippen MR) is 186 cm³/mol. The summed E-state index contributed by atoms with van der Waals surface area (Å²) in [5.74, 6) is -0.971. The fourth-order valence-electron chi connectivity index (χ4n) is 5.04. The van der Waals surface area contributed by atoms with E-state index in [2.05, 4.69) is 13.8 Å². The Morgan fingerprint density at radius 1 is 0.386 bits per heavy atom. The van der Waals surface area contributed by atoms with E-state index in [0.29, 0.717) is 12.8 Å². The van der Waals surface area contributed by atoms with Crippen molar-refractivity contribution in [2.24, 2.45) is 0 Å². The molecule has 4 N–H and O–H groups in total. The van der Waals surface area contributed by atoms with E-state index in [1.807, 2.05) is 0 Å². The van der Waals surface area contributed by atoms with E-state index in [9.17, 15) is 9.59 Å². The van der Waals surface area contributed by atoms with Crippen molar-refractivity contribution >= 4 is 11.9 Å². The number of rotatable bonds is 28. The van der Waals surface area contributed by atoms with Gasteiger partial charge >= 0.3 is 11.9 Å². The maximum atomic E-state index is 10.3. The summed E-state index contributed by atoms with van der Waals surface area (Å²) in [6.07, 6.45) is 34.5. The van der Waals surface area contributed by atoms with E-state index in [1.165, 1.54) is 166 Å². The summed E-state index contributed by atoms with van der Waals surface area (Å²) in [6, 6.07) is 5.70. The van der Waals surface area contributed by atoms with Gasteiger partial charge in [0.05, 0.1) is 0 Å². The molecule has 44 heavy (non-hydrogen) atoms. The van der Waals surface area contributed by atoms with Crippen molar-refractivity contribution in [3.8, 4) is 11.5 Å². The summed E-state index contributed by atoms with van der Waals surface area (Å²) < 4.78 is 0. The van der Waals surface area contributed by atoms with Crippen molar-refractivity contribution in [3.63, 3.8) is 0 Å². The highest BCUT2D eigenvalue weighted by Crippen LogP contribution is 2.15. The Balaban J connectivity index is 0. The van der Waals surface area contributed by atoms with Crippen LogP contribution in [0.5, 0.6) is 11.5 Å². The third kappa shape index (κ3) is 41.9. The van der Waals surface area contributed by atoms with Gasteiger partial charge in [-0.25, -0.2) is 0 Å². The quantitative estimate of drug-likeness (QED) is 0.0546. The fraction of sp³-hybridized carbons (Fsp3) is 0.789. The summed E-state index contributed by atoms with van der Waals surface area (Å²) in [6.45, 7) is 4.52. The number of carbonyl (C=O) groups is 2. The van der Waals surface area contributed by atoms with Crippen LogP contribution in [0.25, 0.3) is 0 Å². The highest BCUT2D eigenvalue weighted by molar-refractivity contribution is 5.66. The summed E-state index contributed by atoms with van der Waals surface area (Å²) >= 11 is 0. The van der Waals surface area contributed by atoms with Crippen molar-refractivity contribution in [2.75, 3.05) is 0 Å². The number of aromatic hydroxyl groups is 2. The lowest BCUT2D eigenvalue weighted by Gasteiger charge is -2.02. The Hall–Kier alpha value is -2.24. The third-order valence-electron chi connectivity index (χ3n) is 7.84. The van der Waals surface area contributed by atoms with Crippen LogP contribution in [-0.2, 0) is 9.59 Å². The summed E-state index contributed by atoms with van der Waals surface area (Å²) in [4.78, 5) is 20.6. The van der Waals surface area contributed by atoms with Gasteiger partial charge in [-0.05, 0) is 37.1 Å². The topological polar surface area (TPSA) is 115 Å². The molecule has 0 aliphatic heterocycles. The molecule has 0 aromatic heterocycles. The molecular formula is C38H70O6. The zero-order chi connectivity index (χ0) is 32.9. The van der Waals surface area contributed by atoms with Crippen LogP contribution in [0.4, 0.5) is 0 Å². The van der Waals surface area contributed by atoms with E-state index in [1.54, 1.807) is 0 Å². The smallest absolute Gasteiger partial charge is 0.303 e. The molecule has 0 aliphatic rings. The lowest BCUT2D eigenvalue weighted by molar-refractivity contribution is -0.138. The van der Waals surface area contributed by atoms with Gasteiger partial charge in [0, 0.05) is 12.8 Å². The second-order valence-corrected chi connectivity index (χ2v) is 12.3. The molecule has 0 fully saturated rings. The molecule has 0 amide bonds. The Morgan fingerprint density at radius 2 is 0.568 bits per heavy atom. The minimum Gasteiger partial charge on any atom is -0.508 e. The summed E-state index contributed by atoms with van der Waals surface area (Å²) in [5.41, 5.74) is 0. The largest absolute Gasteiger partial charge is 0.508 e. The van der Waals surface area contributed by atoms with Gasteiger partial charge in [-0.1, -0.05) is 168 Å². The van der Waals surface area contributed by atoms with Crippen LogP contribution in [0, 0.1) is 0 Å². The van der Waals surface area contributed by atoms with E-state index in [4.69, 9.17) is 20.4 Å². The predicted octanol–water partition coefficient (Wildman–Crippen LogP) is 12.2. The maximum absolute atomic E-state index is 10.3. The zero-order valence-electron chi connectivity index (χ0n) is 28.7. The molecular weight excluding hydrogens is 552 g/mol. The molecule has 0 saturated carbocycles. The molecule has 1 aromatic rings. The van der Waals surface area contributed by atoms with Crippen molar-refractivity contribution in [1.29, 1.82) is 0 Å². The van der Waals surface area contributed by atoms with Crippen LogP contribution >= 0.6 is 0 Å². The average Bonchev–Trinajstić information content (AvgIpc) is 3.00. The first-order valence-corrected chi connectivity index (χ1v) is 18.2. The Kier molecular flexibility index (Phi) is 36.9. The number of hydrogen-bond acceptors (Lipinski definition) is 4. The van der Waals surface area contributed by atoms with Crippen LogP contribution in [-0.4, -0.2) is 32.4 Å². The molecule has 0 saturated heterocycles. The van der Waals surface area contributed by atoms with Crippen LogP contribution in [0.2, 0.25) is 0 Å². The second kappa shape index (κ2) is 36.9. The lowest BCUT2D eigenvalue weighted by Crippen LogP contribution is -1.93. The van der Waals surface area contributed by atoms with Gasteiger partial charge in [0.2, 0.25) is 0 Å². The van der Waals surface area contributed by atoms with Gasteiger partial charge in [0.1, 0.15) is 11.5 Å². The molecule has 0 aliphatic carbocycles. The van der Waals surface area contributed by atoms with Crippen LogP contribution in [0.15, 0.2) is 24.3 Å². The van der Waals surface area contributed by atoms with Gasteiger partial charge in [0.15, 0.2) is 0 Å². The average molecular weight is 623 g/mol. The second-order valence-electron chi connectivity index (χ2n) is 12.3. The number of hydrogen-bond donors (Lipinski definition) is 4. The number of aliphatic carboxylic acids is 2. The van der Waals surface area contributed by atoms with Gasteiger partial charge < -0.3 is 20.4 Å². The zero-order valence-corrected chi connectivity index (χ0v) is 28.7. The van der Waals surface area contributed by atoms with Crippen LogP contribution in [0.3, 0.4) is 0 Å². The van der Waals surface area contributed by atoms with Gasteiger partial charge in [-0.2, -0.15) is 0 Å². The lowest BCUT2D eigenvalue weighted by atomic mass is 10.0. The molecule has 0 unspecified atom stereocenters. The van der Waals surface area contributed by atoms with Gasteiger partial charge in [-0.3, -0.25) is 9.59 Å². The van der Waals surface area contributed by atoms with Crippen molar-refractivity contribution in [3.05, 3.63) is 24.3 Å². The van der Waals surface area contributed by atoms with E-state index < -0.39 is 11.9 Å². The van der Waals surface area contributed by atoms with Crippen molar-refractivity contribution in [2.45, 2.75) is 194 Å². The fourth-order valence-corrected chi connectivity index (χ4v) is 5.04. The number of benzene rings is 1. The molecule has 1 aromatic carbocycles. The summed E-state index contributed by atoms with van der Waals surface area (Å²) in [7, 11) is 0. The molecule has 6 heteroatoms. The Labute approximate surface area is 271 Å². The number of phenols is 2. The minimum absolute atomic E-state index is 0.169. The summed E-state index contributed by atoms with van der Waals surface area (Å²) in [5, 5.41) is 34.3. The Bertz CT molecular complexity index is 658. The van der Waals surface area contributed by atoms with Crippen LogP contribution < -0.4 is 0 Å². The number of carboxylic acids is 2. The highest BCUT2D eigenvalue weighted by Gasteiger charge is 1.98. The third-order valence-corrected chi connectivity index (χ3v) is 7.84. The SMILES string of the molecule is CCCCCCCCCCCCCCCC(=O)O.CCCCCCCCCCCCCCCC(=O)O.Oc1ccc(O)cc1. The van der Waals surface area contributed by atoms with Crippen LogP contribution in [0.1, 0.15) is 194 Å². The molecule has 258 valence electrons. The molecule has 0 atom stereocenters. The molecule has 0 spiro atoms. The first kappa shape index (κ1) is 43.9. The van der Waals surface area contributed by atoms with Crippen molar-refractivity contribution < 1.29 is 30.0 Å².